The molecular weight excluding hydrogens is 234 g/mol. The normalized spacial score (nSPS) is 12.1. The molecule has 2 N–H and O–H groups in total. The van der Waals surface area contributed by atoms with Crippen LogP contribution in [0.4, 0.5) is 0 Å². The highest BCUT2D eigenvalue weighted by atomic mass is 32.1. The van der Waals surface area contributed by atoms with Gasteiger partial charge in [-0.25, -0.2) is 0 Å². The average molecular weight is 245 g/mol. The van der Waals surface area contributed by atoms with E-state index in [4.69, 9.17) is 9.84 Å². The lowest BCUT2D eigenvalue weighted by molar-refractivity contribution is -0.139. The van der Waals surface area contributed by atoms with E-state index in [-0.39, 0.29) is 24.6 Å². The van der Waals surface area contributed by atoms with Gasteiger partial charge >= 0.3 is 5.97 Å². The molecule has 7 nitrogen and oxygen atoms in total. The summed E-state index contributed by atoms with van der Waals surface area (Å²) in [6, 6.07) is 0. The Morgan fingerprint density at radius 3 is 2.94 bits per heavy atom. The highest BCUT2D eigenvalue weighted by Gasteiger charge is 2.15. The fourth-order valence-electron chi connectivity index (χ4n) is 0.995. The van der Waals surface area contributed by atoms with Gasteiger partial charge in [0.25, 0.3) is 5.91 Å². The van der Waals surface area contributed by atoms with Crippen molar-refractivity contribution < 1.29 is 19.4 Å². The SMILES string of the molecule is COC(CNC(=O)c1cnsn1)CC(=O)O. The maximum absolute atomic E-state index is 11.4. The van der Waals surface area contributed by atoms with Crippen molar-refractivity contribution in [3.63, 3.8) is 0 Å². The van der Waals surface area contributed by atoms with Crippen LogP contribution in [0.25, 0.3) is 0 Å². The summed E-state index contributed by atoms with van der Waals surface area (Å²) in [5.74, 6) is -1.36. The van der Waals surface area contributed by atoms with Gasteiger partial charge in [-0.2, -0.15) is 8.75 Å². The second kappa shape index (κ2) is 6.13. The fraction of sp³-hybridized carbons (Fsp3) is 0.500. The Bertz CT molecular complexity index is 354. The molecule has 0 aliphatic carbocycles. The first-order valence-corrected chi connectivity index (χ1v) is 5.17. The fourth-order valence-corrected chi connectivity index (χ4v) is 1.41. The number of carboxylic acid groups (broad SMARTS) is 1. The third-order valence-electron chi connectivity index (χ3n) is 1.82. The topological polar surface area (TPSA) is 101 Å². The number of methoxy groups -OCH3 is 1. The summed E-state index contributed by atoms with van der Waals surface area (Å²) in [5, 5.41) is 11.1. The van der Waals surface area contributed by atoms with Crippen molar-refractivity contribution in [2.75, 3.05) is 13.7 Å². The first-order chi connectivity index (χ1) is 7.63. The van der Waals surface area contributed by atoms with Crippen molar-refractivity contribution in [2.24, 2.45) is 0 Å². The van der Waals surface area contributed by atoms with Crippen molar-refractivity contribution in [1.29, 1.82) is 0 Å². The van der Waals surface area contributed by atoms with E-state index in [0.717, 1.165) is 11.7 Å². The summed E-state index contributed by atoms with van der Waals surface area (Å²) in [4.78, 5) is 21.8. The van der Waals surface area contributed by atoms with Crippen LogP contribution in [-0.4, -0.2) is 45.5 Å². The van der Waals surface area contributed by atoms with Gasteiger partial charge in [-0.15, -0.1) is 0 Å². The molecule has 0 spiro atoms. The van der Waals surface area contributed by atoms with Gasteiger partial charge in [0.15, 0.2) is 5.69 Å². The van der Waals surface area contributed by atoms with Crippen LogP contribution in [0.1, 0.15) is 16.9 Å². The summed E-state index contributed by atoms with van der Waals surface area (Å²) in [6.45, 7) is 0.124. The minimum absolute atomic E-state index is 0.124. The highest BCUT2D eigenvalue weighted by Crippen LogP contribution is 1.98. The number of ether oxygens (including phenoxy) is 1. The number of aromatic nitrogens is 2. The van der Waals surface area contributed by atoms with Gasteiger partial charge in [0, 0.05) is 13.7 Å². The minimum atomic E-state index is -0.976. The number of hydrogen-bond acceptors (Lipinski definition) is 6. The molecule has 1 rings (SSSR count). The molecule has 0 radical (unpaired) electrons. The first kappa shape index (κ1) is 12.5. The molecule has 1 heterocycles. The van der Waals surface area contributed by atoms with Gasteiger partial charge in [0.05, 0.1) is 30.4 Å². The van der Waals surface area contributed by atoms with E-state index >= 15 is 0 Å². The third-order valence-corrected chi connectivity index (χ3v) is 2.30. The van der Waals surface area contributed by atoms with Crippen LogP contribution in [0.2, 0.25) is 0 Å². The first-order valence-electron chi connectivity index (χ1n) is 4.44. The van der Waals surface area contributed by atoms with Gasteiger partial charge in [-0.05, 0) is 0 Å². The Morgan fingerprint density at radius 1 is 1.69 bits per heavy atom. The van der Waals surface area contributed by atoms with E-state index in [1.807, 2.05) is 0 Å². The van der Waals surface area contributed by atoms with Crippen LogP contribution in [0.5, 0.6) is 0 Å². The number of hydrogen-bond donors (Lipinski definition) is 2. The number of carboxylic acids is 1. The molecule has 1 aromatic heterocycles. The lowest BCUT2D eigenvalue weighted by atomic mass is 10.2. The molecule has 0 saturated carbocycles. The molecule has 16 heavy (non-hydrogen) atoms. The predicted molar refractivity (Wildman–Crippen MR) is 55.3 cm³/mol. The number of nitrogens with one attached hydrogen (secondary N) is 1. The standard InChI is InChI=1S/C8H11N3O4S/c1-15-5(2-7(12)13)3-9-8(14)6-4-10-16-11-6/h4-5H,2-3H2,1H3,(H,9,14)(H,12,13). The molecule has 0 bridgehead atoms. The number of aliphatic carboxylic acids is 1. The Kier molecular flexibility index (Phi) is 4.80. The zero-order valence-electron chi connectivity index (χ0n) is 8.54. The van der Waals surface area contributed by atoms with E-state index < -0.39 is 12.1 Å². The van der Waals surface area contributed by atoms with E-state index in [0.29, 0.717) is 0 Å². The Hall–Kier alpha value is -1.54. The second-order valence-electron chi connectivity index (χ2n) is 2.96. The number of nitrogens with zero attached hydrogens (tertiary/aromatic N) is 2. The van der Waals surface area contributed by atoms with Crippen molar-refractivity contribution >= 4 is 23.6 Å². The van der Waals surface area contributed by atoms with Crippen LogP contribution in [-0.2, 0) is 9.53 Å². The summed E-state index contributed by atoms with van der Waals surface area (Å²) < 4.78 is 12.3. The summed E-state index contributed by atoms with van der Waals surface area (Å²) in [7, 11) is 1.39. The molecule has 0 aliphatic heterocycles. The number of carbonyl (C=O) groups excluding carboxylic acids is 1. The van der Waals surface area contributed by atoms with Gasteiger partial charge in [0.2, 0.25) is 0 Å². The molecule has 0 aliphatic rings. The van der Waals surface area contributed by atoms with Crippen molar-refractivity contribution in [2.45, 2.75) is 12.5 Å². The van der Waals surface area contributed by atoms with Crippen LogP contribution in [0, 0.1) is 0 Å². The Balaban J connectivity index is 2.38. The zero-order chi connectivity index (χ0) is 12.0. The smallest absolute Gasteiger partial charge is 0.306 e. The average Bonchev–Trinajstić information content (AvgIpc) is 2.76. The Labute approximate surface area is 95.8 Å². The monoisotopic (exact) mass is 245 g/mol. The number of rotatable bonds is 6. The van der Waals surface area contributed by atoms with E-state index in [1.54, 1.807) is 0 Å². The molecule has 1 aromatic rings. The van der Waals surface area contributed by atoms with E-state index in [1.165, 1.54) is 13.3 Å². The zero-order valence-corrected chi connectivity index (χ0v) is 9.36. The number of amides is 1. The van der Waals surface area contributed by atoms with E-state index in [2.05, 4.69) is 14.1 Å². The predicted octanol–water partition coefficient (Wildman–Crippen LogP) is -0.242. The van der Waals surface area contributed by atoms with Gasteiger partial charge in [-0.1, -0.05) is 0 Å². The highest BCUT2D eigenvalue weighted by molar-refractivity contribution is 6.99. The summed E-state index contributed by atoms with van der Waals surface area (Å²) in [5.41, 5.74) is 0.218. The van der Waals surface area contributed by atoms with Crippen molar-refractivity contribution in [3.8, 4) is 0 Å². The molecule has 1 unspecified atom stereocenters. The minimum Gasteiger partial charge on any atom is -0.481 e. The second-order valence-corrected chi connectivity index (χ2v) is 3.51. The van der Waals surface area contributed by atoms with Gasteiger partial charge < -0.3 is 15.2 Å². The van der Waals surface area contributed by atoms with Crippen LogP contribution < -0.4 is 5.32 Å². The van der Waals surface area contributed by atoms with Gasteiger partial charge in [0.1, 0.15) is 0 Å². The van der Waals surface area contributed by atoms with Crippen molar-refractivity contribution in [1.82, 2.24) is 14.1 Å². The molecule has 1 atom stereocenters. The molecule has 0 saturated heterocycles. The maximum Gasteiger partial charge on any atom is 0.306 e. The number of carbonyl (C=O) groups is 2. The molecule has 0 aromatic carbocycles. The van der Waals surface area contributed by atoms with Crippen LogP contribution in [0.15, 0.2) is 6.20 Å². The maximum atomic E-state index is 11.4. The van der Waals surface area contributed by atoms with Crippen molar-refractivity contribution in [3.05, 3.63) is 11.9 Å². The summed E-state index contributed by atoms with van der Waals surface area (Å²) >= 11 is 0.932. The van der Waals surface area contributed by atoms with Gasteiger partial charge in [-0.3, -0.25) is 9.59 Å². The quantitative estimate of drug-likeness (QED) is 0.717. The lowest BCUT2D eigenvalue weighted by Gasteiger charge is -2.12. The molecule has 8 heteroatoms. The van der Waals surface area contributed by atoms with Crippen LogP contribution >= 0.6 is 11.7 Å². The largest absolute Gasteiger partial charge is 0.481 e. The molecule has 0 fully saturated rings. The lowest BCUT2D eigenvalue weighted by Crippen LogP contribution is -2.34. The third kappa shape index (κ3) is 3.91. The van der Waals surface area contributed by atoms with Crippen LogP contribution in [0.3, 0.4) is 0 Å². The molecule has 1 amide bonds. The molecule has 88 valence electrons. The van der Waals surface area contributed by atoms with E-state index in [9.17, 15) is 9.59 Å². The Morgan fingerprint density at radius 2 is 2.44 bits per heavy atom. The molecular formula is C8H11N3O4S. The summed E-state index contributed by atoms with van der Waals surface area (Å²) in [6.07, 6.45) is 0.638.